The third-order valence-electron chi connectivity index (χ3n) is 13.2. The minimum atomic E-state index is -0.800. The SMILES string of the molecule is CCCCC/C=C\C/C=C\CCCCCCCCCCCC(=O)OC(CCC/C=C/C=C/CCCCCCCCC)CC(=O)NC(CO)C(O)CCCCCCCCCCCCCCCC. The summed E-state index contributed by atoms with van der Waals surface area (Å²) >= 11 is 0. The summed E-state index contributed by atoms with van der Waals surface area (Å²) in [6, 6.07) is -0.717. The third kappa shape index (κ3) is 48.3. The lowest BCUT2D eigenvalue weighted by Crippen LogP contribution is -2.46. The van der Waals surface area contributed by atoms with Crippen molar-refractivity contribution in [3.05, 3.63) is 48.6 Å². The summed E-state index contributed by atoms with van der Waals surface area (Å²) in [5, 5.41) is 23.8. The van der Waals surface area contributed by atoms with E-state index in [2.05, 4.69) is 74.7 Å². The summed E-state index contributed by atoms with van der Waals surface area (Å²) in [5.41, 5.74) is 0. The van der Waals surface area contributed by atoms with Crippen LogP contribution < -0.4 is 5.32 Å². The van der Waals surface area contributed by atoms with Crippen LogP contribution in [0.2, 0.25) is 0 Å². The molecular formula is C60H111NO5. The fourth-order valence-corrected chi connectivity index (χ4v) is 8.75. The second kappa shape index (κ2) is 53.8. The first-order chi connectivity index (χ1) is 32.5. The van der Waals surface area contributed by atoms with E-state index >= 15 is 0 Å². The van der Waals surface area contributed by atoms with E-state index in [0.717, 1.165) is 64.2 Å². The number of carbonyl (C=O) groups is 2. The number of aliphatic hydroxyl groups excluding tert-OH is 2. The molecule has 386 valence electrons. The molecule has 6 nitrogen and oxygen atoms in total. The molecule has 0 aliphatic rings. The highest BCUT2D eigenvalue weighted by Gasteiger charge is 2.24. The Morgan fingerprint density at radius 3 is 1.30 bits per heavy atom. The van der Waals surface area contributed by atoms with E-state index < -0.39 is 18.2 Å². The molecule has 6 heteroatoms. The number of esters is 1. The highest BCUT2D eigenvalue weighted by molar-refractivity contribution is 5.77. The molecule has 3 atom stereocenters. The second-order valence-electron chi connectivity index (χ2n) is 19.7. The van der Waals surface area contributed by atoms with Crippen molar-refractivity contribution in [2.24, 2.45) is 0 Å². The quantitative estimate of drug-likeness (QED) is 0.0244. The number of aliphatic hydroxyl groups is 2. The molecule has 3 unspecified atom stereocenters. The van der Waals surface area contributed by atoms with Crippen LogP contribution in [0.15, 0.2) is 48.6 Å². The maximum atomic E-state index is 13.2. The number of unbranched alkanes of at least 4 members (excludes halogenated alkanes) is 33. The Labute approximate surface area is 410 Å². The van der Waals surface area contributed by atoms with Crippen molar-refractivity contribution in [1.82, 2.24) is 5.32 Å². The normalized spacial score (nSPS) is 13.5. The molecule has 0 heterocycles. The van der Waals surface area contributed by atoms with Crippen LogP contribution in [0.4, 0.5) is 0 Å². The zero-order valence-corrected chi connectivity index (χ0v) is 44.1. The van der Waals surface area contributed by atoms with E-state index in [1.54, 1.807) is 0 Å². The largest absolute Gasteiger partial charge is 0.462 e. The molecule has 0 aliphatic heterocycles. The van der Waals surface area contributed by atoms with Gasteiger partial charge in [0.15, 0.2) is 0 Å². The summed E-state index contributed by atoms with van der Waals surface area (Å²) in [4.78, 5) is 26.2. The first-order valence-corrected chi connectivity index (χ1v) is 28.9. The number of amides is 1. The third-order valence-corrected chi connectivity index (χ3v) is 13.2. The van der Waals surface area contributed by atoms with Crippen molar-refractivity contribution in [3.8, 4) is 0 Å². The van der Waals surface area contributed by atoms with Crippen molar-refractivity contribution in [3.63, 3.8) is 0 Å². The molecule has 0 aliphatic carbocycles. The van der Waals surface area contributed by atoms with Gasteiger partial charge in [-0.3, -0.25) is 9.59 Å². The molecule has 0 aromatic carbocycles. The number of ether oxygens (including phenoxy) is 1. The van der Waals surface area contributed by atoms with Crippen molar-refractivity contribution in [2.75, 3.05) is 6.61 Å². The van der Waals surface area contributed by atoms with Gasteiger partial charge in [-0.25, -0.2) is 0 Å². The van der Waals surface area contributed by atoms with E-state index in [1.807, 2.05) is 0 Å². The van der Waals surface area contributed by atoms with Crippen LogP contribution in [0.25, 0.3) is 0 Å². The van der Waals surface area contributed by atoms with Gasteiger partial charge in [-0.1, -0.05) is 256 Å². The summed E-state index contributed by atoms with van der Waals surface area (Å²) < 4.78 is 5.93. The summed E-state index contributed by atoms with van der Waals surface area (Å²) in [6.07, 6.45) is 66.1. The standard InChI is InChI=1S/C60H111NO5/c1-4-7-10-13-16-19-22-25-28-29-30-31-32-35-38-41-44-47-50-53-60(65)66-56(51-48-45-42-39-36-33-26-23-20-17-14-11-8-5-2)54-59(64)61-57(55-62)58(63)52-49-46-43-40-37-34-27-24-21-18-15-12-9-6-3/h16,19,25,28,33,36,39,42,56-58,62-63H,4-15,17-18,20-24,26-27,29-32,34-35,37-38,40-41,43-55H2,1-3H3,(H,61,64)/b19-16-,28-25-,36-33+,42-39+. The number of rotatable bonds is 52. The van der Waals surface area contributed by atoms with Crippen molar-refractivity contribution in [1.29, 1.82) is 0 Å². The molecule has 0 saturated heterocycles. The van der Waals surface area contributed by atoms with Crippen molar-refractivity contribution >= 4 is 11.9 Å². The minimum absolute atomic E-state index is 0.0443. The van der Waals surface area contributed by atoms with Gasteiger partial charge < -0.3 is 20.3 Å². The molecule has 3 N–H and O–H groups in total. The van der Waals surface area contributed by atoms with Crippen LogP contribution in [-0.2, 0) is 14.3 Å². The van der Waals surface area contributed by atoms with E-state index in [0.29, 0.717) is 19.3 Å². The Bertz CT molecular complexity index is 1130. The first-order valence-electron chi connectivity index (χ1n) is 28.9. The van der Waals surface area contributed by atoms with Gasteiger partial charge in [0, 0.05) is 6.42 Å². The highest BCUT2D eigenvalue weighted by atomic mass is 16.5. The molecule has 0 saturated carbocycles. The smallest absolute Gasteiger partial charge is 0.306 e. The van der Waals surface area contributed by atoms with Gasteiger partial charge in [-0.05, 0) is 77.0 Å². The van der Waals surface area contributed by atoms with Crippen LogP contribution in [-0.4, -0.2) is 46.9 Å². The molecule has 0 spiro atoms. The Kier molecular flexibility index (Phi) is 52.0. The molecule has 0 rings (SSSR count). The van der Waals surface area contributed by atoms with Gasteiger partial charge >= 0.3 is 5.97 Å². The Balaban J connectivity index is 4.57. The number of hydrogen-bond donors (Lipinski definition) is 3. The molecule has 0 aromatic heterocycles. The van der Waals surface area contributed by atoms with Crippen LogP contribution in [0, 0.1) is 0 Å². The number of hydrogen-bond acceptors (Lipinski definition) is 5. The lowest BCUT2D eigenvalue weighted by Gasteiger charge is -2.24. The highest BCUT2D eigenvalue weighted by Crippen LogP contribution is 2.18. The van der Waals surface area contributed by atoms with Gasteiger partial charge in [0.1, 0.15) is 6.10 Å². The Morgan fingerprint density at radius 1 is 0.455 bits per heavy atom. The van der Waals surface area contributed by atoms with E-state index in [1.165, 1.54) is 186 Å². The summed E-state index contributed by atoms with van der Waals surface area (Å²) in [7, 11) is 0. The average Bonchev–Trinajstić information content (AvgIpc) is 3.31. The second-order valence-corrected chi connectivity index (χ2v) is 19.7. The zero-order chi connectivity index (χ0) is 48.1. The van der Waals surface area contributed by atoms with E-state index in [9.17, 15) is 19.8 Å². The van der Waals surface area contributed by atoms with Crippen LogP contribution in [0.3, 0.4) is 0 Å². The maximum absolute atomic E-state index is 13.2. The lowest BCUT2D eigenvalue weighted by molar-refractivity contribution is -0.151. The van der Waals surface area contributed by atoms with Crippen LogP contribution in [0.5, 0.6) is 0 Å². The predicted octanol–water partition coefficient (Wildman–Crippen LogP) is 17.8. The maximum Gasteiger partial charge on any atom is 0.306 e. The Morgan fingerprint density at radius 2 is 0.833 bits per heavy atom. The van der Waals surface area contributed by atoms with Gasteiger partial charge in [0.2, 0.25) is 5.91 Å². The van der Waals surface area contributed by atoms with Gasteiger partial charge in [0.25, 0.3) is 0 Å². The van der Waals surface area contributed by atoms with Crippen molar-refractivity contribution < 1.29 is 24.5 Å². The minimum Gasteiger partial charge on any atom is -0.462 e. The van der Waals surface area contributed by atoms with Crippen LogP contribution in [0.1, 0.15) is 297 Å². The lowest BCUT2D eigenvalue weighted by atomic mass is 10.0. The summed E-state index contributed by atoms with van der Waals surface area (Å²) in [6.45, 7) is 6.46. The first kappa shape index (κ1) is 63.8. The topological polar surface area (TPSA) is 95.9 Å². The monoisotopic (exact) mass is 926 g/mol. The number of nitrogens with one attached hydrogen (secondary N) is 1. The Hall–Kier alpha value is -2.18. The van der Waals surface area contributed by atoms with Gasteiger partial charge in [-0.2, -0.15) is 0 Å². The molecule has 0 radical (unpaired) electrons. The molecular weight excluding hydrogens is 815 g/mol. The van der Waals surface area contributed by atoms with E-state index in [-0.39, 0.29) is 24.9 Å². The molecule has 66 heavy (non-hydrogen) atoms. The number of allylic oxidation sites excluding steroid dienone is 8. The number of carbonyl (C=O) groups excluding carboxylic acids is 2. The van der Waals surface area contributed by atoms with Gasteiger partial charge in [0.05, 0.1) is 25.2 Å². The van der Waals surface area contributed by atoms with Gasteiger partial charge in [-0.15, -0.1) is 0 Å². The molecule has 0 aromatic rings. The zero-order valence-electron chi connectivity index (χ0n) is 44.1. The average molecular weight is 927 g/mol. The molecule has 0 bridgehead atoms. The summed E-state index contributed by atoms with van der Waals surface area (Å²) in [5.74, 6) is -0.515. The fourth-order valence-electron chi connectivity index (χ4n) is 8.75. The molecule has 1 amide bonds. The van der Waals surface area contributed by atoms with Crippen molar-refractivity contribution in [2.45, 2.75) is 315 Å². The predicted molar refractivity (Wildman–Crippen MR) is 287 cm³/mol. The fraction of sp³-hybridized carbons (Fsp3) is 0.833. The van der Waals surface area contributed by atoms with Crippen LogP contribution >= 0.6 is 0 Å². The van der Waals surface area contributed by atoms with E-state index in [4.69, 9.17) is 4.74 Å². The molecule has 0 fully saturated rings.